The summed E-state index contributed by atoms with van der Waals surface area (Å²) in [6.07, 6.45) is 0.0611. The third-order valence-electron chi connectivity index (χ3n) is 2.81. The van der Waals surface area contributed by atoms with Crippen molar-refractivity contribution in [2.45, 2.75) is 12.0 Å². The molecule has 1 aromatic carbocycles. The second kappa shape index (κ2) is 4.01. The van der Waals surface area contributed by atoms with Gasteiger partial charge in [-0.05, 0) is 17.7 Å². The van der Waals surface area contributed by atoms with Crippen LogP contribution in [-0.2, 0) is 16.0 Å². The summed E-state index contributed by atoms with van der Waals surface area (Å²) in [5, 5.41) is 14.3. The normalized spacial score (nSPS) is 24.8. The van der Waals surface area contributed by atoms with Crippen LogP contribution in [0.25, 0.3) is 0 Å². The fourth-order valence-electron chi connectivity index (χ4n) is 2.04. The number of nitrogens with zero attached hydrogens (tertiary/aromatic N) is 1. The highest BCUT2D eigenvalue weighted by atomic mass is 35.5. The lowest BCUT2D eigenvalue weighted by atomic mass is 9.99. The molecule has 90 valence electrons. The average molecular weight is 255 g/mol. The second-order valence-corrected chi connectivity index (χ2v) is 4.24. The van der Waals surface area contributed by atoms with Crippen molar-refractivity contribution in [1.29, 1.82) is 0 Å². The maximum Gasteiger partial charge on any atom is 0.344 e. The van der Waals surface area contributed by atoms with Crippen molar-refractivity contribution in [2.24, 2.45) is 10.9 Å². The zero-order valence-corrected chi connectivity index (χ0v) is 9.86. The maximum atomic E-state index is 11.6. The van der Waals surface area contributed by atoms with E-state index in [1.807, 2.05) is 0 Å². The Morgan fingerprint density at radius 3 is 2.94 bits per heavy atom. The lowest BCUT2D eigenvalue weighted by Crippen LogP contribution is -2.46. The van der Waals surface area contributed by atoms with Crippen LogP contribution < -0.4 is 5.84 Å². The molecule has 0 aromatic heterocycles. The number of rotatable bonds is 1. The van der Waals surface area contributed by atoms with Gasteiger partial charge < -0.3 is 15.7 Å². The van der Waals surface area contributed by atoms with Gasteiger partial charge in [-0.2, -0.15) is 5.10 Å². The lowest BCUT2D eigenvalue weighted by Gasteiger charge is -2.19. The minimum Gasteiger partial charge on any atom is -0.467 e. The molecule has 5 nitrogen and oxygen atoms in total. The molecule has 3 N–H and O–H groups in total. The van der Waals surface area contributed by atoms with E-state index in [9.17, 15) is 9.90 Å². The zero-order valence-electron chi connectivity index (χ0n) is 9.11. The molecule has 0 amide bonds. The number of hydrazone groups is 1. The van der Waals surface area contributed by atoms with Gasteiger partial charge in [0.1, 0.15) is 5.71 Å². The molecule has 0 aliphatic heterocycles. The molecule has 1 atom stereocenters. The van der Waals surface area contributed by atoms with Crippen molar-refractivity contribution in [1.82, 2.24) is 0 Å². The van der Waals surface area contributed by atoms with Crippen LogP contribution in [-0.4, -0.2) is 29.5 Å². The van der Waals surface area contributed by atoms with E-state index in [4.69, 9.17) is 17.4 Å². The summed E-state index contributed by atoms with van der Waals surface area (Å²) in [4.78, 5) is 11.6. The van der Waals surface area contributed by atoms with Gasteiger partial charge in [0, 0.05) is 17.0 Å². The molecule has 1 aliphatic rings. The number of aliphatic hydroxyl groups is 1. The first-order chi connectivity index (χ1) is 8.02. The predicted octanol–water partition coefficient (Wildman–Crippen LogP) is 0.463. The predicted molar refractivity (Wildman–Crippen MR) is 62.8 cm³/mol. The number of ether oxygens (including phenoxy) is 1. The maximum absolute atomic E-state index is 11.6. The average Bonchev–Trinajstić information content (AvgIpc) is 2.59. The lowest BCUT2D eigenvalue weighted by molar-refractivity contribution is -0.154. The topological polar surface area (TPSA) is 84.9 Å². The molecule has 17 heavy (non-hydrogen) atoms. The number of carbonyl (C=O) groups is 1. The minimum absolute atomic E-state index is 0.0611. The summed E-state index contributed by atoms with van der Waals surface area (Å²) in [6.45, 7) is 0. The molecule has 0 radical (unpaired) electrons. The van der Waals surface area contributed by atoms with Gasteiger partial charge >= 0.3 is 5.97 Å². The number of halogens is 1. The van der Waals surface area contributed by atoms with Gasteiger partial charge in [0.2, 0.25) is 5.60 Å². The first kappa shape index (κ1) is 11.9. The number of carbonyl (C=O) groups excluding carboxylic acids is 1. The summed E-state index contributed by atoms with van der Waals surface area (Å²) in [5.41, 5.74) is -0.383. The zero-order chi connectivity index (χ0) is 12.6. The Morgan fingerprint density at radius 2 is 2.35 bits per heavy atom. The van der Waals surface area contributed by atoms with Crippen LogP contribution in [0.1, 0.15) is 11.1 Å². The Balaban J connectivity index is 2.56. The molecule has 0 unspecified atom stereocenters. The Bertz CT molecular complexity index is 515. The SMILES string of the molecule is COC(=O)[C@@]1(O)Cc2cc(Cl)ccc2/C1=N/N. The van der Waals surface area contributed by atoms with Crippen molar-refractivity contribution < 1.29 is 14.6 Å². The van der Waals surface area contributed by atoms with E-state index in [2.05, 4.69) is 9.84 Å². The van der Waals surface area contributed by atoms with Crippen molar-refractivity contribution >= 4 is 23.3 Å². The van der Waals surface area contributed by atoms with E-state index < -0.39 is 11.6 Å². The number of methoxy groups -OCH3 is 1. The highest BCUT2D eigenvalue weighted by molar-refractivity contribution is 6.31. The summed E-state index contributed by atoms with van der Waals surface area (Å²) in [7, 11) is 1.20. The second-order valence-electron chi connectivity index (χ2n) is 3.81. The van der Waals surface area contributed by atoms with Crippen molar-refractivity contribution in [2.75, 3.05) is 7.11 Å². The summed E-state index contributed by atoms with van der Waals surface area (Å²) in [6, 6.07) is 4.99. The van der Waals surface area contributed by atoms with Crippen LogP contribution >= 0.6 is 11.6 Å². The highest BCUT2D eigenvalue weighted by Crippen LogP contribution is 2.33. The van der Waals surface area contributed by atoms with Gasteiger partial charge in [-0.15, -0.1) is 0 Å². The summed E-state index contributed by atoms with van der Waals surface area (Å²) in [5.74, 6) is 4.46. The molecule has 0 fully saturated rings. The molecule has 0 saturated carbocycles. The fourth-order valence-corrected chi connectivity index (χ4v) is 2.23. The molecule has 6 heteroatoms. The molecule has 0 spiro atoms. The molecule has 1 aromatic rings. The quantitative estimate of drug-likeness (QED) is 0.433. The number of esters is 1. The first-order valence-corrected chi connectivity index (χ1v) is 5.28. The van der Waals surface area contributed by atoms with E-state index in [-0.39, 0.29) is 12.1 Å². The Labute approximate surface area is 103 Å². The van der Waals surface area contributed by atoms with Crippen LogP contribution in [0.15, 0.2) is 23.3 Å². The number of hydrogen-bond acceptors (Lipinski definition) is 5. The van der Waals surface area contributed by atoms with Crippen molar-refractivity contribution in [3.63, 3.8) is 0 Å². The highest BCUT2D eigenvalue weighted by Gasteiger charge is 2.49. The van der Waals surface area contributed by atoms with Crippen LogP contribution in [0.3, 0.4) is 0 Å². The van der Waals surface area contributed by atoms with Gasteiger partial charge in [-0.3, -0.25) is 0 Å². The number of hydrogen-bond donors (Lipinski definition) is 2. The molecular weight excluding hydrogens is 244 g/mol. The number of benzene rings is 1. The smallest absolute Gasteiger partial charge is 0.344 e. The van der Waals surface area contributed by atoms with E-state index in [0.717, 1.165) is 5.56 Å². The van der Waals surface area contributed by atoms with E-state index >= 15 is 0 Å². The molecule has 0 heterocycles. The Morgan fingerprint density at radius 1 is 1.65 bits per heavy atom. The van der Waals surface area contributed by atoms with Crippen LogP contribution in [0.4, 0.5) is 0 Å². The number of nitrogens with two attached hydrogens (primary N) is 1. The van der Waals surface area contributed by atoms with Gasteiger partial charge in [0.25, 0.3) is 0 Å². The largest absolute Gasteiger partial charge is 0.467 e. The van der Waals surface area contributed by atoms with E-state index in [1.165, 1.54) is 7.11 Å². The Kier molecular flexibility index (Phi) is 2.81. The molecular formula is C11H11ClN2O3. The van der Waals surface area contributed by atoms with E-state index in [0.29, 0.717) is 10.6 Å². The minimum atomic E-state index is -1.82. The van der Waals surface area contributed by atoms with Crippen LogP contribution in [0.2, 0.25) is 5.02 Å². The van der Waals surface area contributed by atoms with Crippen molar-refractivity contribution in [3.05, 3.63) is 34.3 Å². The van der Waals surface area contributed by atoms with Gasteiger partial charge in [-0.25, -0.2) is 4.79 Å². The third kappa shape index (κ3) is 1.67. The third-order valence-corrected chi connectivity index (χ3v) is 3.05. The van der Waals surface area contributed by atoms with Crippen LogP contribution in [0, 0.1) is 0 Å². The number of fused-ring (bicyclic) bond motifs is 1. The standard InChI is InChI=1S/C11H11ClN2O3/c1-17-10(15)11(16)5-6-4-7(12)2-3-8(6)9(11)14-13/h2-4,16H,5,13H2,1H3/b14-9-/t11-/m1/s1. The summed E-state index contributed by atoms with van der Waals surface area (Å²) < 4.78 is 4.57. The van der Waals surface area contributed by atoms with Gasteiger partial charge in [0.05, 0.1) is 7.11 Å². The monoisotopic (exact) mass is 254 g/mol. The Hall–Kier alpha value is -1.59. The van der Waals surface area contributed by atoms with Gasteiger partial charge in [-0.1, -0.05) is 17.7 Å². The molecule has 2 rings (SSSR count). The molecule has 0 saturated heterocycles. The molecule has 0 bridgehead atoms. The summed E-state index contributed by atoms with van der Waals surface area (Å²) >= 11 is 5.85. The van der Waals surface area contributed by atoms with E-state index in [1.54, 1.807) is 18.2 Å². The van der Waals surface area contributed by atoms with Crippen LogP contribution in [0.5, 0.6) is 0 Å². The first-order valence-electron chi connectivity index (χ1n) is 4.91. The van der Waals surface area contributed by atoms with Crippen molar-refractivity contribution in [3.8, 4) is 0 Å². The van der Waals surface area contributed by atoms with Gasteiger partial charge in [0.15, 0.2) is 0 Å². The fraction of sp³-hybridized carbons (Fsp3) is 0.273. The molecule has 1 aliphatic carbocycles.